The summed E-state index contributed by atoms with van der Waals surface area (Å²) in [4.78, 5) is 27.4. The van der Waals surface area contributed by atoms with Gasteiger partial charge in [-0.15, -0.1) is 0 Å². The van der Waals surface area contributed by atoms with Crippen molar-refractivity contribution in [3.8, 4) is 11.4 Å². The van der Waals surface area contributed by atoms with Crippen LogP contribution in [0.25, 0.3) is 22.4 Å². The zero-order valence-corrected chi connectivity index (χ0v) is 14.8. The molecule has 1 aliphatic carbocycles. The van der Waals surface area contributed by atoms with Crippen LogP contribution in [0.4, 0.5) is 0 Å². The minimum absolute atomic E-state index is 0.196. The summed E-state index contributed by atoms with van der Waals surface area (Å²) in [6, 6.07) is 12.0. The number of nitrogens with zero attached hydrogens (tertiary/aromatic N) is 2. The molecule has 6 heteroatoms. The molecule has 27 heavy (non-hydrogen) atoms. The first-order chi connectivity index (χ1) is 13.0. The van der Waals surface area contributed by atoms with Gasteiger partial charge in [0, 0.05) is 11.6 Å². The van der Waals surface area contributed by atoms with Crippen molar-refractivity contribution in [1.29, 1.82) is 0 Å². The molecule has 0 unspecified atom stereocenters. The lowest BCUT2D eigenvalue weighted by molar-refractivity contribution is 0.0686. The lowest BCUT2D eigenvalue weighted by Gasteiger charge is -2.25. The van der Waals surface area contributed by atoms with E-state index in [0.717, 1.165) is 36.8 Å². The van der Waals surface area contributed by atoms with Crippen molar-refractivity contribution in [1.82, 2.24) is 9.55 Å². The van der Waals surface area contributed by atoms with Crippen LogP contribution < -0.4 is 0 Å². The highest BCUT2D eigenvalue weighted by molar-refractivity contribution is 5.94. The summed E-state index contributed by atoms with van der Waals surface area (Å²) in [6.07, 6.45) is 5.59. The summed E-state index contributed by atoms with van der Waals surface area (Å²) in [5, 5.41) is 18.6. The summed E-state index contributed by atoms with van der Waals surface area (Å²) in [5.74, 6) is -1.27. The number of carboxylic acids is 2. The molecule has 6 nitrogen and oxygen atoms in total. The molecule has 0 radical (unpaired) electrons. The van der Waals surface area contributed by atoms with E-state index in [1.165, 1.54) is 6.42 Å². The minimum atomic E-state index is -0.987. The molecular weight excluding hydrogens is 344 g/mol. The van der Waals surface area contributed by atoms with Crippen LogP contribution >= 0.6 is 0 Å². The van der Waals surface area contributed by atoms with Gasteiger partial charge in [-0.2, -0.15) is 0 Å². The van der Waals surface area contributed by atoms with Crippen LogP contribution in [0.2, 0.25) is 0 Å². The Labute approximate surface area is 156 Å². The van der Waals surface area contributed by atoms with E-state index in [9.17, 15) is 19.8 Å². The molecule has 138 valence electrons. The number of carboxylic acid groups (broad SMARTS) is 2. The van der Waals surface area contributed by atoms with Crippen molar-refractivity contribution >= 4 is 23.0 Å². The second-order valence-corrected chi connectivity index (χ2v) is 6.99. The Morgan fingerprint density at radius 2 is 1.63 bits per heavy atom. The summed E-state index contributed by atoms with van der Waals surface area (Å²) in [6.45, 7) is 0. The molecule has 1 aliphatic rings. The van der Waals surface area contributed by atoms with Gasteiger partial charge in [0.25, 0.3) is 0 Å². The molecule has 2 aromatic carbocycles. The number of hydrogen-bond acceptors (Lipinski definition) is 3. The Morgan fingerprint density at radius 1 is 0.926 bits per heavy atom. The van der Waals surface area contributed by atoms with Gasteiger partial charge < -0.3 is 14.8 Å². The number of hydrogen-bond donors (Lipinski definition) is 2. The molecule has 1 fully saturated rings. The van der Waals surface area contributed by atoms with Crippen LogP contribution in [0.3, 0.4) is 0 Å². The fraction of sp³-hybridized carbons (Fsp3) is 0.286. The maximum Gasteiger partial charge on any atom is 0.335 e. The number of aromatic nitrogens is 2. The van der Waals surface area contributed by atoms with Gasteiger partial charge in [0.2, 0.25) is 0 Å². The molecule has 0 spiro atoms. The zero-order chi connectivity index (χ0) is 19.0. The van der Waals surface area contributed by atoms with E-state index in [4.69, 9.17) is 4.98 Å². The van der Waals surface area contributed by atoms with Crippen molar-refractivity contribution in [2.24, 2.45) is 0 Å². The maximum absolute atomic E-state index is 11.4. The third kappa shape index (κ3) is 3.18. The summed E-state index contributed by atoms with van der Waals surface area (Å²) < 4.78 is 2.17. The largest absolute Gasteiger partial charge is 0.478 e. The number of carbonyl (C=O) groups is 2. The molecule has 0 saturated heterocycles. The average molecular weight is 364 g/mol. The fourth-order valence-corrected chi connectivity index (χ4v) is 3.94. The Bertz CT molecular complexity index is 1030. The van der Waals surface area contributed by atoms with E-state index in [2.05, 4.69) is 4.57 Å². The molecule has 2 N–H and O–H groups in total. The molecule has 3 aromatic rings. The normalized spacial score (nSPS) is 15.1. The second kappa shape index (κ2) is 6.87. The Morgan fingerprint density at radius 3 is 2.33 bits per heavy atom. The quantitative estimate of drug-likeness (QED) is 0.705. The molecule has 1 heterocycles. The van der Waals surface area contributed by atoms with Crippen molar-refractivity contribution < 1.29 is 19.8 Å². The van der Waals surface area contributed by atoms with Gasteiger partial charge in [0.05, 0.1) is 22.2 Å². The molecule has 1 aromatic heterocycles. The molecule has 0 atom stereocenters. The lowest BCUT2D eigenvalue weighted by atomic mass is 9.94. The summed E-state index contributed by atoms with van der Waals surface area (Å²) in [7, 11) is 0. The van der Waals surface area contributed by atoms with Crippen LogP contribution in [-0.4, -0.2) is 31.7 Å². The third-order valence-corrected chi connectivity index (χ3v) is 5.24. The molecule has 1 saturated carbocycles. The SMILES string of the molecule is O=C(O)c1cccc(-c2nc3cc(C(=O)O)ccc3n2C2CCCCC2)c1. The van der Waals surface area contributed by atoms with E-state index in [0.29, 0.717) is 11.3 Å². The number of imidazole rings is 1. The van der Waals surface area contributed by atoms with Gasteiger partial charge in [0.1, 0.15) is 5.82 Å². The van der Waals surface area contributed by atoms with E-state index >= 15 is 0 Å². The summed E-state index contributed by atoms with van der Waals surface area (Å²) >= 11 is 0. The monoisotopic (exact) mass is 364 g/mol. The Balaban J connectivity index is 1.93. The predicted octanol–water partition coefficient (Wildman–Crippen LogP) is 4.60. The van der Waals surface area contributed by atoms with Gasteiger partial charge in [-0.25, -0.2) is 14.6 Å². The topological polar surface area (TPSA) is 92.4 Å². The lowest BCUT2D eigenvalue weighted by Crippen LogP contribution is -2.14. The highest BCUT2D eigenvalue weighted by atomic mass is 16.4. The zero-order valence-electron chi connectivity index (χ0n) is 14.8. The van der Waals surface area contributed by atoms with Crippen molar-refractivity contribution in [3.63, 3.8) is 0 Å². The second-order valence-electron chi connectivity index (χ2n) is 6.99. The van der Waals surface area contributed by atoms with Gasteiger partial charge in [-0.3, -0.25) is 0 Å². The van der Waals surface area contributed by atoms with E-state index in [1.807, 2.05) is 12.1 Å². The van der Waals surface area contributed by atoms with E-state index < -0.39 is 11.9 Å². The molecule has 4 rings (SSSR count). The average Bonchev–Trinajstić information content (AvgIpc) is 3.07. The molecule has 0 aliphatic heterocycles. The van der Waals surface area contributed by atoms with Crippen LogP contribution in [0, 0.1) is 0 Å². The highest BCUT2D eigenvalue weighted by Crippen LogP contribution is 2.36. The maximum atomic E-state index is 11.4. The standard InChI is InChI=1S/C21H20N2O4/c24-20(25)14-6-4-5-13(11-14)19-22-17-12-15(21(26)27)9-10-18(17)23(19)16-7-2-1-3-8-16/h4-6,9-12,16H,1-3,7-8H2,(H,24,25)(H,26,27). The van der Waals surface area contributed by atoms with Gasteiger partial charge in [0.15, 0.2) is 0 Å². The smallest absolute Gasteiger partial charge is 0.335 e. The first kappa shape index (κ1) is 17.3. The Kier molecular flexibility index (Phi) is 4.39. The van der Waals surface area contributed by atoms with Crippen LogP contribution in [0.5, 0.6) is 0 Å². The van der Waals surface area contributed by atoms with Gasteiger partial charge >= 0.3 is 11.9 Å². The van der Waals surface area contributed by atoms with Crippen LogP contribution in [0.15, 0.2) is 42.5 Å². The van der Waals surface area contributed by atoms with E-state index in [1.54, 1.807) is 30.3 Å². The van der Waals surface area contributed by atoms with Gasteiger partial charge in [-0.1, -0.05) is 31.4 Å². The fourth-order valence-electron chi connectivity index (χ4n) is 3.94. The molecule has 0 bridgehead atoms. The summed E-state index contributed by atoms with van der Waals surface area (Å²) in [5.41, 5.74) is 2.65. The first-order valence-corrected chi connectivity index (χ1v) is 9.13. The number of benzene rings is 2. The molecule has 0 amide bonds. The van der Waals surface area contributed by atoms with Crippen molar-refractivity contribution in [2.45, 2.75) is 38.1 Å². The van der Waals surface area contributed by atoms with Gasteiger partial charge in [-0.05, 0) is 43.2 Å². The Hall–Kier alpha value is -3.15. The van der Waals surface area contributed by atoms with Crippen LogP contribution in [-0.2, 0) is 0 Å². The van der Waals surface area contributed by atoms with Crippen molar-refractivity contribution in [3.05, 3.63) is 53.6 Å². The third-order valence-electron chi connectivity index (χ3n) is 5.24. The van der Waals surface area contributed by atoms with Crippen molar-refractivity contribution in [2.75, 3.05) is 0 Å². The number of aromatic carboxylic acids is 2. The first-order valence-electron chi connectivity index (χ1n) is 9.13. The van der Waals surface area contributed by atoms with E-state index in [-0.39, 0.29) is 17.2 Å². The highest BCUT2D eigenvalue weighted by Gasteiger charge is 2.23. The van der Waals surface area contributed by atoms with Crippen LogP contribution in [0.1, 0.15) is 58.9 Å². The number of rotatable bonds is 4. The predicted molar refractivity (Wildman–Crippen MR) is 101 cm³/mol. The number of fused-ring (bicyclic) bond motifs is 1. The minimum Gasteiger partial charge on any atom is -0.478 e. The molecular formula is C21H20N2O4.